The van der Waals surface area contributed by atoms with Crippen molar-refractivity contribution in [3.8, 4) is 5.75 Å². The maximum absolute atomic E-state index is 11.8. The Morgan fingerprint density at radius 2 is 1.95 bits per heavy atom. The van der Waals surface area contributed by atoms with Crippen LogP contribution in [0.4, 0.5) is 5.69 Å². The molecule has 0 heterocycles. The summed E-state index contributed by atoms with van der Waals surface area (Å²) in [6.45, 7) is 9.12. The number of rotatable bonds is 9. The Bertz CT molecular complexity index is 453. The molecular formula is C18H30N2O2. The molecule has 2 N–H and O–H groups in total. The second-order valence-corrected chi connectivity index (χ2v) is 6.59. The lowest BCUT2D eigenvalue weighted by atomic mass is 10.1. The van der Waals surface area contributed by atoms with E-state index in [4.69, 9.17) is 4.74 Å². The van der Waals surface area contributed by atoms with Crippen LogP contribution in [-0.4, -0.2) is 24.6 Å². The van der Waals surface area contributed by atoms with Crippen LogP contribution < -0.4 is 15.4 Å². The number of hydrogen-bond donors (Lipinski definition) is 2. The number of benzene rings is 1. The van der Waals surface area contributed by atoms with Crippen LogP contribution in [0.25, 0.3) is 0 Å². The van der Waals surface area contributed by atoms with E-state index in [1.807, 2.05) is 45.0 Å². The minimum Gasteiger partial charge on any atom is -0.494 e. The summed E-state index contributed by atoms with van der Waals surface area (Å²) >= 11 is 0. The van der Waals surface area contributed by atoms with Crippen molar-refractivity contribution >= 4 is 11.6 Å². The van der Waals surface area contributed by atoms with E-state index in [9.17, 15) is 4.79 Å². The molecule has 0 fully saturated rings. The Morgan fingerprint density at radius 3 is 2.64 bits per heavy atom. The fraction of sp³-hybridized carbons (Fsp3) is 0.611. The first-order valence-corrected chi connectivity index (χ1v) is 8.18. The van der Waals surface area contributed by atoms with Gasteiger partial charge >= 0.3 is 0 Å². The first-order valence-electron chi connectivity index (χ1n) is 8.18. The molecule has 4 nitrogen and oxygen atoms in total. The van der Waals surface area contributed by atoms with Crippen LogP contribution >= 0.6 is 0 Å². The van der Waals surface area contributed by atoms with Gasteiger partial charge in [0.05, 0.1) is 13.2 Å². The number of hydrogen-bond acceptors (Lipinski definition) is 3. The monoisotopic (exact) mass is 306 g/mol. The Morgan fingerprint density at radius 1 is 1.18 bits per heavy atom. The summed E-state index contributed by atoms with van der Waals surface area (Å²) < 4.78 is 5.74. The molecule has 4 heteroatoms. The van der Waals surface area contributed by atoms with Gasteiger partial charge in [0.25, 0.3) is 0 Å². The molecule has 0 radical (unpaired) electrons. The molecule has 0 saturated heterocycles. The van der Waals surface area contributed by atoms with Crippen molar-refractivity contribution < 1.29 is 9.53 Å². The Hall–Kier alpha value is -1.71. The van der Waals surface area contributed by atoms with Crippen molar-refractivity contribution in [2.24, 2.45) is 0 Å². The molecule has 0 spiro atoms. The highest BCUT2D eigenvalue weighted by atomic mass is 16.5. The molecule has 1 aromatic rings. The lowest BCUT2D eigenvalue weighted by Gasteiger charge is -2.20. The van der Waals surface area contributed by atoms with Crippen molar-refractivity contribution in [1.29, 1.82) is 0 Å². The van der Waals surface area contributed by atoms with Crippen molar-refractivity contribution in [2.75, 3.05) is 18.5 Å². The number of unbranched alkanes of at least 4 members (excludes halogenated alkanes) is 3. The maximum atomic E-state index is 11.8. The molecule has 0 bridgehead atoms. The van der Waals surface area contributed by atoms with Crippen LogP contribution in [0.5, 0.6) is 5.75 Å². The molecule has 0 atom stereocenters. The number of nitrogens with one attached hydrogen (secondary N) is 2. The van der Waals surface area contributed by atoms with Crippen LogP contribution in [0.15, 0.2) is 24.3 Å². The van der Waals surface area contributed by atoms with Crippen molar-refractivity contribution in [1.82, 2.24) is 5.32 Å². The average Bonchev–Trinajstić information content (AvgIpc) is 2.44. The normalized spacial score (nSPS) is 11.1. The molecule has 22 heavy (non-hydrogen) atoms. The average molecular weight is 306 g/mol. The highest BCUT2D eigenvalue weighted by Gasteiger charge is 2.13. The third kappa shape index (κ3) is 8.55. The van der Waals surface area contributed by atoms with E-state index >= 15 is 0 Å². The highest BCUT2D eigenvalue weighted by molar-refractivity contribution is 5.81. The fourth-order valence-electron chi connectivity index (χ4n) is 2.06. The zero-order valence-corrected chi connectivity index (χ0v) is 14.4. The summed E-state index contributed by atoms with van der Waals surface area (Å²) in [6, 6.07) is 7.75. The second-order valence-electron chi connectivity index (χ2n) is 6.59. The van der Waals surface area contributed by atoms with E-state index < -0.39 is 0 Å². The summed E-state index contributed by atoms with van der Waals surface area (Å²) in [7, 11) is 0. The summed E-state index contributed by atoms with van der Waals surface area (Å²) in [5.41, 5.74) is 0.692. The highest BCUT2D eigenvalue weighted by Crippen LogP contribution is 2.17. The molecule has 1 rings (SSSR count). The van der Waals surface area contributed by atoms with E-state index in [1.165, 1.54) is 19.3 Å². The number of ether oxygens (including phenoxy) is 1. The first-order chi connectivity index (χ1) is 10.4. The minimum absolute atomic E-state index is 0.0154. The Kier molecular flexibility index (Phi) is 7.78. The van der Waals surface area contributed by atoms with E-state index in [1.54, 1.807) is 0 Å². The predicted octanol–water partition coefficient (Wildman–Crippen LogP) is 3.97. The Balaban J connectivity index is 2.36. The number of carbonyl (C=O) groups is 1. The SMILES string of the molecule is CCCCCCOc1cccc(NCC(=O)NC(C)(C)C)c1. The van der Waals surface area contributed by atoms with Gasteiger partial charge in [0.1, 0.15) is 5.75 Å². The number of carbonyl (C=O) groups excluding carboxylic acids is 1. The van der Waals surface area contributed by atoms with E-state index in [0.717, 1.165) is 24.5 Å². The minimum atomic E-state index is -0.206. The summed E-state index contributed by atoms with van der Waals surface area (Å²) in [4.78, 5) is 11.8. The molecule has 0 unspecified atom stereocenters. The lowest BCUT2D eigenvalue weighted by Crippen LogP contribution is -2.43. The van der Waals surface area contributed by atoms with Crippen LogP contribution in [-0.2, 0) is 4.79 Å². The third-order valence-electron chi connectivity index (χ3n) is 3.07. The zero-order chi connectivity index (χ0) is 16.4. The lowest BCUT2D eigenvalue weighted by molar-refractivity contribution is -0.120. The van der Waals surface area contributed by atoms with Gasteiger partial charge in [0.15, 0.2) is 0 Å². The molecule has 1 aromatic carbocycles. The largest absolute Gasteiger partial charge is 0.494 e. The van der Waals surface area contributed by atoms with E-state index in [2.05, 4.69) is 17.6 Å². The molecular weight excluding hydrogens is 276 g/mol. The van der Waals surface area contributed by atoms with Gasteiger partial charge in [-0.2, -0.15) is 0 Å². The zero-order valence-electron chi connectivity index (χ0n) is 14.4. The second kappa shape index (κ2) is 9.34. The van der Waals surface area contributed by atoms with Crippen LogP contribution in [0.1, 0.15) is 53.4 Å². The quantitative estimate of drug-likeness (QED) is 0.679. The van der Waals surface area contributed by atoms with Gasteiger partial charge in [-0.3, -0.25) is 4.79 Å². The van der Waals surface area contributed by atoms with E-state index in [-0.39, 0.29) is 18.0 Å². The fourth-order valence-corrected chi connectivity index (χ4v) is 2.06. The van der Waals surface area contributed by atoms with Gasteiger partial charge in [0, 0.05) is 17.3 Å². The first kappa shape index (κ1) is 18.3. The van der Waals surface area contributed by atoms with Crippen molar-refractivity contribution in [3.05, 3.63) is 24.3 Å². The predicted molar refractivity (Wildman–Crippen MR) is 92.5 cm³/mol. The molecule has 0 saturated carbocycles. The molecule has 0 aliphatic carbocycles. The van der Waals surface area contributed by atoms with Gasteiger partial charge in [-0.05, 0) is 39.3 Å². The van der Waals surface area contributed by atoms with Crippen molar-refractivity contribution in [2.45, 2.75) is 58.9 Å². The summed E-state index contributed by atoms with van der Waals surface area (Å²) in [5, 5.41) is 6.05. The van der Waals surface area contributed by atoms with Gasteiger partial charge in [-0.15, -0.1) is 0 Å². The van der Waals surface area contributed by atoms with Crippen LogP contribution in [0, 0.1) is 0 Å². The topological polar surface area (TPSA) is 50.4 Å². The maximum Gasteiger partial charge on any atom is 0.239 e. The smallest absolute Gasteiger partial charge is 0.239 e. The Labute approximate surface area is 134 Å². The molecule has 0 aliphatic rings. The molecule has 0 aliphatic heterocycles. The standard InChI is InChI=1S/C18H30N2O2/c1-5-6-7-8-12-22-16-11-9-10-15(13-16)19-14-17(21)20-18(2,3)4/h9-11,13,19H,5-8,12,14H2,1-4H3,(H,20,21). The van der Waals surface area contributed by atoms with Gasteiger partial charge in [0.2, 0.25) is 5.91 Å². The van der Waals surface area contributed by atoms with Crippen molar-refractivity contribution in [3.63, 3.8) is 0 Å². The summed E-state index contributed by atoms with van der Waals surface area (Å²) in [5.74, 6) is 0.830. The van der Waals surface area contributed by atoms with Crippen LogP contribution in [0.3, 0.4) is 0 Å². The number of anilines is 1. The van der Waals surface area contributed by atoms with Crippen LogP contribution in [0.2, 0.25) is 0 Å². The molecule has 124 valence electrons. The summed E-state index contributed by atoms with van der Waals surface area (Å²) in [6.07, 6.45) is 4.78. The van der Waals surface area contributed by atoms with Gasteiger partial charge < -0.3 is 15.4 Å². The van der Waals surface area contributed by atoms with Gasteiger partial charge in [-0.1, -0.05) is 32.3 Å². The number of amides is 1. The molecule has 0 aromatic heterocycles. The van der Waals surface area contributed by atoms with Gasteiger partial charge in [-0.25, -0.2) is 0 Å². The third-order valence-corrected chi connectivity index (χ3v) is 3.07. The van der Waals surface area contributed by atoms with E-state index in [0.29, 0.717) is 0 Å². The molecule has 1 amide bonds.